The number of hydrogen-bond donors (Lipinski definition) is 0. The van der Waals surface area contributed by atoms with Gasteiger partial charge < -0.3 is 4.90 Å². The van der Waals surface area contributed by atoms with Crippen LogP contribution in [-0.4, -0.2) is 18.2 Å². The molecule has 3 heteroatoms. The Balaban J connectivity index is 2.19. The van der Waals surface area contributed by atoms with Gasteiger partial charge in [0.15, 0.2) is 0 Å². The Bertz CT molecular complexity index is 820. The maximum atomic E-state index is 4.89. The lowest BCUT2D eigenvalue weighted by Crippen LogP contribution is -2.45. The van der Waals surface area contributed by atoms with Crippen LogP contribution in [-0.2, 0) is 5.54 Å². The smallest absolute Gasteiger partial charge is 0.0980 e. The Labute approximate surface area is 145 Å². The van der Waals surface area contributed by atoms with Crippen LogP contribution in [0.15, 0.2) is 29.5 Å². The molecule has 0 amide bonds. The Morgan fingerprint density at radius 2 is 1.79 bits per heavy atom. The van der Waals surface area contributed by atoms with Crippen molar-refractivity contribution in [2.45, 2.75) is 53.0 Å². The molecular weight excluding hydrogens is 294 g/mol. The molecule has 24 heavy (non-hydrogen) atoms. The van der Waals surface area contributed by atoms with E-state index in [2.05, 4.69) is 76.8 Å². The molecule has 2 aromatic rings. The van der Waals surface area contributed by atoms with Crippen molar-refractivity contribution >= 4 is 17.6 Å². The zero-order valence-electron chi connectivity index (χ0n) is 15.8. The van der Waals surface area contributed by atoms with E-state index in [1.165, 1.54) is 27.8 Å². The fourth-order valence-corrected chi connectivity index (χ4v) is 3.61. The number of pyridine rings is 1. The van der Waals surface area contributed by atoms with Crippen molar-refractivity contribution in [2.75, 3.05) is 11.9 Å². The van der Waals surface area contributed by atoms with E-state index in [0.29, 0.717) is 5.92 Å². The Morgan fingerprint density at radius 1 is 1.08 bits per heavy atom. The van der Waals surface area contributed by atoms with Crippen LogP contribution in [0.4, 0.5) is 11.4 Å². The molecule has 0 spiro atoms. The van der Waals surface area contributed by atoms with Crippen molar-refractivity contribution in [1.29, 1.82) is 0 Å². The highest BCUT2D eigenvalue weighted by atomic mass is 15.2. The maximum Gasteiger partial charge on any atom is 0.0980 e. The molecule has 1 aliphatic rings. The van der Waals surface area contributed by atoms with Gasteiger partial charge in [0.2, 0.25) is 0 Å². The summed E-state index contributed by atoms with van der Waals surface area (Å²) >= 11 is 0. The van der Waals surface area contributed by atoms with E-state index in [4.69, 9.17) is 4.99 Å². The van der Waals surface area contributed by atoms with Gasteiger partial charge in [-0.25, -0.2) is 0 Å². The third kappa shape index (κ3) is 2.43. The second-order valence-corrected chi connectivity index (χ2v) is 7.47. The van der Waals surface area contributed by atoms with Crippen LogP contribution >= 0.6 is 0 Å². The van der Waals surface area contributed by atoms with E-state index < -0.39 is 0 Å². The number of aryl methyl sites for hydroxylation is 2. The number of nitrogens with zero attached hydrogens (tertiary/aromatic N) is 3. The quantitative estimate of drug-likeness (QED) is 0.761. The summed E-state index contributed by atoms with van der Waals surface area (Å²) in [6, 6.07) is 4.53. The van der Waals surface area contributed by atoms with E-state index in [1.807, 2.05) is 12.4 Å². The van der Waals surface area contributed by atoms with Crippen LogP contribution in [0.25, 0.3) is 0 Å². The minimum atomic E-state index is -0.273. The van der Waals surface area contributed by atoms with Crippen LogP contribution in [0.3, 0.4) is 0 Å². The third-order valence-electron chi connectivity index (χ3n) is 5.41. The highest BCUT2D eigenvalue weighted by Crippen LogP contribution is 2.44. The number of aromatic nitrogens is 1. The molecule has 0 N–H and O–H groups in total. The van der Waals surface area contributed by atoms with Gasteiger partial charge in [0.1, 0.15) is 0 Å². The fourth-order valence-electron chi connectivity index (χ4n) is 3.61. The van der Waals surface area contributed by atoms with Crippen molar-refractivity contribution in [2.24, 2.45) is 4.99 Å². The van der Waals surface area contributed by atoms with E-state index in [-0.39, 0.29) is 5.54 Å². The summed E-state index contributed by atoms with van der Waals surface area (Å²) in [5, 5.41) is 0. The molecule has 0 saturated heterocycles. The zero-order valence-corrected chi connectivity index (χ0v) is 15.8. The van der Waals surface area contributed by atoms with Gasteiger partial charge in [-0.3, -0.25) is 9.98 Å². The van der Waals surface area contributed by atoms with Crippen LogP contribution in [0.1, 0.15) is 54.5 Å². The van der Waals surface area contributed by atoms with Crippen molar-refractivity contribution in [3.05, 3.63) is 52.3 Å². The lowest BCUT2D eigenvalue weighted by molar-refractivity contribution is 0.619. The standard InChI is InChI=1S/C21H27N3/c1-13(2)17-10-22-11-19-20(17)23-12-21(6,24(19)7)18-9-14(3)8-15(4)16(18)5/h8-13H,1-7H3. The Hall–Kier alpha value is -2.16. The summed E-state index contributed by atoms with van der Waals surface area (Å²) in [6.07, 6.45) is 5.98. The number of aliphatic imine (C=N–C) groups is 1. The second kappa shape index (κ2) is 5.73. The molecule has 1 unspecified atom stereocenters. The summed E-state index contributed by atoms with van der Waals surface area (Å²) in [5.41, 5.74) is 8.35. The van der Waals surface area contributed by atoms with Crippen LogP contribution in [0.5, 0.6) is 0 Å². The highest BCUT2D eigenvalue weighted by Gasteiger charge is 2.36. The predicted octanol–water partition coefficient (Wildman–Crippen LogP) is 5.20. The second-order valence-electron chi connectivity index (χ2n) is 7.47. The first kappa shape index (κ1) is 16.7. The number of hydrogen-bond acceptors (Lipinski definition) is 3. The molecule has 3 rings (SSSR count). The number of fused-ring (bicyclic) bond motifs is 1. The molecule has 0 radical (unpaired) electrons. The lowest BCUT2D eigenvalue weighted by Gasteiger charge is -2.42. The lowest BCUT2D eigenvalue weighted by atomic mass is 9.83. The summed E-state index contributed by atoms with van der Waals surface area (Å²) in [5.74, 6) is 0.408. The Kier molecular flexibility index (Phi) is 3.98. The van der Waals surface area contributed by atoms with E-state index in [0.717, 1.165) is 11.4 Å². The molecule has 0 bridgehead atoms. The molecule has 2 heterocycles. The van der Waals surface area contributed by atoms with Crippen molar-refractivity contribution < 1.29 is 0 Å². The van der Waals surface area contributed by atoms with Gasteiger partial charge in [0.05, 0.1) is 23.1 Å². The largest absolute Gasteiger partial charge is 0.357 e. The average molecular weight is 321 g/mol. The summed E-state index contributed by atoms with van der Waals surface area (Å²) in [6.45, 7) is 13.2. The van der Waals surface area contributed by atoms with E-state index in [9.17, 15) is 0 Å². The number of rotatable bonds is 2. The third-order valence-corrected chi connectivity index (χ3v) is 5.41. The molecule has 0 aliphatic carbocycles. The van der Waals surface area contributed by atoms with Gasteiger partial charge >= 0.3 is 0 Å². The number of anilines is 1. The molecule has 1 atom stereocenters. The maximum absolute atomic E-state index is 4.89. The van der Waals surface area contributed by atoms with Crippen LogP contribution < -0.4 is 4.90 Å². The molecule has 1 aliphatic heterocycles. The molecule has 0 saturated carbocycles. The van der Waals surface area contributed by atoms with Gasteiger partial charge in [-0.15, -0.1) is 0 Å². The van der Waals surface area contributed by atoms with E-state index in [1.54, 1.807) is 0 Å². The highest BCUT2D eigenvalue weighted by molar-refractivity contribution is 5.89. The minimum Gasteiger partial charge on any atom is -0.357 e. The van der Waals surface area contributed by atoms with Crippen molar-refractivity contribution in [3.63, 3.8) is 0 Å². The summed E-state index contributed by atoms with van der Waals surface area (Å²) < 4.78 is 0. The fraction of sp³-hybridized carbons (Fsp3) is 0.429. The molecule has 3 nitrogen and oxygen atoms in total. The first-order valence-corrected chi connectivity index (χ1v) is 8.61. The minimum absolute atomic E-state index is 0.273. The molecule has 126 valence electrons. The zero-order chi connectivity index (χ0) is 17.6. The topological polar surface area (TPSA) is 28.5 Å². The number of benzene rings is 1. The van der Waals surface area contributed by atoms with Gasteiger partial charge in [-0.2, -0.15) is 0 Å². The van der Waals surface area contributed by atoms with Crippen LogP contribution in [0, 0.1) is 20.8 Å². The summed E-state index contributed by atoms with van der Waals surface area (Å²) in [7, 11) is 2.15. The van der Waals surface area contributed by atoms with Crippen molar-refractivity contribution in [3.8, 4) is 0 Å². The first-order chi connectivity index (χ1) is 11.3. The summed E-state index contributed by atoms with van der Waals surface area (Å²) in [4.78, 5) is 11.7. The van der Waals surface area contributed by atoms with Gasteiger partial charge in [0.25, 0.3) is 0 Å². The van der Waals surface area contributed by atoms with E-state index >= 15 is 0 Å². The Morgan fingerprint density at radius 3 is 2.46 bits per heavy atom. The average Bonchev–Trinajstić information content (AvgIpc) is 2.54. The van der Waals surface area contributed by atoms with Gasteiger partial charge in [-0.05, 0) is 50.3 Å². The van der Waals surface area contributed by atoms with Gasteiger partial charge in [-0.1, -0.05) is 31.5 Å². The monoisotopic (exact) mass is 321 g/mol. The van der Waals surface area contributed by atoms with Crippen molar-refractivity contribution in [1.82, 2.24) is 4.98 Å². The molecule has 0 fully saturated rings. The van der Waals surface area contributed by atoms with Crippen LogP contribution in [0.2, 0.25) is 0 Å². The molecule has 1 aromatic heterocycles. The molecular formula is C21H27N3. The normalized spacial score (nSPS) is 19.8. The predicted molar refractivity (Wildman–Crippen MR) is 103 cm³/mol. The first-order valence-electron chi connectivity index (χ1n) is 8.61. The SMILES string of the molecule is Cc1cc(C)c(C)c(C2(C)C=Nc3c(C(C)C)cncc3N2C)c1. The molecule has 1 aromatic carbocycles. The van der Waals surface area contributed by atoms with Gasteiger partial charge in [0, 0.05) is 25.0 Å².